The summed E-state index contributed by atoms with van der Waals surface area (Å²) < 4.78 is 1.96. The second kappa shape index (κ2) is 4.51. The first-order valence-corrected chi connectivity index (χ1v) is 4.38. The third kappa shape index (κ3) is 2.22. The quantitative estimate of drug-likeness (QED) is 0.695. The minimum atomic E-state index is 0.542. The highest BCUT2D eigenvalue weighted by molar-refractivity contribution is 5.30. The highest BCUT2D eigenvalue weighted by Crippen LogP contribution is 2.09. The Kier molecular flexibility index (Phi) is 3.32. The Morgan fingerprint density at radius 3 is 2.92 bits per heavy atom. The monoisotopic (exact) mass is 178 g/mol. The number of imidazole rings is 1. The van der Waals surface area contributed by atoms with Gasteiger partial charge in [0.05, 0.1) is 12.5 Å². The van der Waals surface area contributed by atoms with Crippen LogP contribution in [0.25, 0.3) is 0 Å². The van der Waals surface area contributed by atoms with E-state index >= 15 is 0 Å². The third-order valence-corrected chi connectivity index (χ3v) is 1.95. The largest absolute Gasteiger partial charge is 0.342 e. The van der Waals surface area contributed by atoms with E-state index in [-0.39, 0.29) is 0 Å². The number of hydrogen-bond acceptors (Lipinski definition) is 3. The van der Waals surface area contributed by atoms with Crippen molar-refractivity contribution in [1.82, 2.24) is 9.55 Å². The lowest BCUT2D eigenvalue weighted by atomic mass is 10.4. The van der Waals surface area contributed by atoms with Crippen molar-refractivity contribution in [3.05, 3.63) is 12.4 Å². The van der Waals surface area contributed by atoms with Crippen LogP contribution in [0.1, 0.15) is 13.3 Å². The van der Waals surface area contributed by atoms with Crippen LogP contribution in [0.3, 0.4) is 0 Å². The van der Waals surface area contributed by atoms with E-state index < -0.39 is 0 Å². The van der Waals surface area contributed by atoms with Crippen molar-refractivity contribution in [2.45, 2.75) is 13.3 Å². The summed E-state index contributed by atoms with van der Waals surface area (Å²) in [6, 6.07) is 2.14. The summed E-state index contributed by atoms with van der Waals surface area (Å²) in [5.41, 5.74) is 0. The Hall–Kier alpha value is -1.50. The van der Waals surface area contributed by atoms with Crippen molar-refractivity contribution in [2.75, 3.05) is 18.0 Å². The number of rotatable bonds is 4. The van der Waals surface area contributed by atoms with Crippen LogP contribution in [-0.4, -0.2) is 22.6 Å². The topological polar surface area (TPSA) is 44.9 Å². The van der Waals surface area contributed by atoms with Gasteiger partial charge in [-0.1, -0.05) is 0 Å². The number of aryl methyl sites for hydroxylation is 1. The normalized spacial score (nSPS) is 9.62. The van der Waals surface area contributed by atoms with E-state index in [0.717, 1.165) is 19.0 Å². The highest BCUT2D eigenvalue weighted by Gasteiger charge is 2.07. The summed E-state index contributed by atoms with van der Waals surface area (Å²) >= 11 is 0. The van der Waals surface area contributed by atoms with Gasteiger partial charge < -0.3 is 9.47 Å². The molecule has 4 heteroatoms. The summed E-state index contributed by atoms with van der Waals surface area (Å²) in [6.07, 6.45) is 4.22. The molecule has 0 amide bonds. The van der Waals surface area contributed by atoms with E-state index in [2.05, 4.69) is 22.9 Å². The van der Waals surface area contributed by atoms with Gasteiger partial charge in [-0.05, 0) is 6.92 Å². The summed E-state index contributed by atoms with van der Waals surface area (Å²) in [6.45, 7) is 3.69. The van der Waals surface area contributed by atoms with E-state index in [1.807, 2.05) is 17.8 Å². The smallest absolute Gasteiger partial charge is 0.205 e. The van der Waals surface area contributed by atoms with E-state index in [1.54, 1.807) is 6.20 Å². The number of aromatic nitrogens is 2. The molecule has 70 valence electrons. The van der Waals surface area contributed by atoms with Gasteiger partial charge in [0.15, 0.2) is 0 Å². The predicted octanol–water partition coefficient (Wildman–Crippen LogP) is 1.16. The molecule has 13 heavy (non-hydrogen) atoms. The molecule has 0 saturated heterocycles. The molecule has 4 nitrogen and oxygen atoms in total. The molecule has 0 aliphatic rings. The van der Waals surface area contributed by atoms with E-state index in [0.29, 0.717) is 6.42 Å². The van der Waals surface area contributed by atoms with E-state index in [1.165, 1.54) is 0 Å². The second-order valence-corrected chi connectivity index (χ2v) is 2.83. The van der Waals surface area contributed by atoms with Crippen molar-refractivity contribution in [3.63, 3.8) is 0 Å². The van der Waals surface area contributed by atoms with Crippen molar-refractivity contribution >= 4 is 5.95 Å². The fourth-order valence-electron chi connectivity index (χ4n) is 1.25. The lowest BCUT2D eigenvalue weighted by Crippen LogP contribution is -2.26. The van der Waals surface area contributed by atoms with Gasteiger partial charge in [-0.15, -0.1) is 0 Å². The summed E-state index contributed by atoms with van der Waals surface area (Å²) in [5.74, 6) is 0.928. The molecule has 0 spiro atoms. The van der Waals surface area contributed by atoms with Gasteiger partial charge in [-0.25, -0.2) is 4.98 Å². The van der Waals surface area contributed by atoms with Crippen LogP contribution in [0.4, 0.5) is 5.95 Å². The summed E-state index contributed by atoms with van der Waals surface area (Å²) in [4.78, 5) is 6.31. The fraction of sp³-hybridized carbons (Fsp3) is 0.556. The molecule has 0 unspecified atom stereocenters. The number of nitrogens with zero attached hydrogens (tertiary/aromatic N) is 4. The fourth-order valence-corrected chi connectivity index (χ4v) is 1.25. The number of nitriles is 1. The molecule has 0 aliphatic heterocycles. The van der Waals surface area contributed by atoms with Crippen LogP contribution in [-0.2, 0) is 7.05 Å². The SMILES string of the molecule is CCN(CCC#N)c1nccn1C. The number of hydrogen-bond donors (Lipinski definition) is 0. The molecule has 0 aliphatic carbocycles. The van der Waals surface area contributed by atoms with Gasteiger partial charge in [0.2, 0.25) is 5.95 Å². The molecule has 1 heterocycles. The third-order valence-electron chi connectivity index (χ3n) is 1.95. The van der Waals surface area contributed by atoms with Crippen LogP contribution < -0.4 is 4.90 Å². The Bertz CT molecular complexity index is 297. The minimum absolute atomic E-state index is 0.542. The highest BCUT2D eigenvalue weighted by atomic mass is 15.3. The molecule has 0 fully saturated rings. The lowest BCUT2D eigenvalue weighted by Gasteiger charge is -2.20. The van der Waals surface area contributed by atoms with Crippen molar-refractivity contribution in [2.24, 2.45) is 7.05 Å². The van der Waals surface area contributed by atoms with Crippen molar-refractivity contribution in [3.8, 4) is 6.07 Å². The molecular weight excluding hydrogens is 164 g/mol. The molecule has 0 bridgehead atoms. The molecule has 0 N–H and O–H groups in total. The molecule has 1 rings (SSSR count). The standard InChI is InChI=1S/C9H14N4/c1-3-13(7-4-5-10)9-11-6-8-12(9)2/h6,8H,3-4,7H2,1-2H3. The molecule has 0 radical (unpaired) electrons. The maximum Gasteiger partial charge on any atom is 0.205 e. The van der Waals surface area contributed by atoms with Crippen LogP contribution >= 0.6 is 0 Å². The van der Waals surface area contributed by atoms with Crippen molar-refractivity contribution in [1.29, 1.82) is 5.26 Å². The Labute approximate surface area is 78.4 Å². The molecule has 1 aromatic heterocycles. The Morgan fingerprint density at radius 1 is 1.69 bits per heavy atom. The Morgan fingerprint density at radius 2 is 2.46 bits per heavy atom. The second-order valence-electron chi connectivity index (χ2n) is 2.83. The van der Waals surface area contributed by atoms with Gasteiger partial charge in [-0.3, -0.25) is 0 Å². The first-order valence-electron chi connectivity index (χ1n) is 4.38. The first-order chi connectivity index (χ1) is 6.29. The van der Waals surface area contributed by atoms with Gasteiger partial charge in [0.25, 0.3) is 0 Å². The van der Waals surface area contributed by atoms with E-state index in [4.69, 9.17) is 5.26 Å². The van der Waals surface area contributed by atoms with Gasteiger partial charge in [0.1, 0.15) is 0 Å². The molecule has 1 aromatic rings. The van der Waals surface area contributed by atoms with Gasteiger partial charge >= 0.3 is 0 Å². The first kappa shape index (κ1) is 9.59. The zero-order valence-corrected chi connectivity index (χ0v) is 8.06. The summed E-state index contributed by atoms with van der Waals surface area (Å²) in [5, 5.41) is 8.47. The Balaban J connectivity index is 2.68. The van der Waals surface area contributed by atoms with E-state index in [9.17, 15) is 0 Å². The van der Waals surface area contributed by atoms with Crippen LogP contribution in [0.5, 0.6) is 0 Å². The zero-order valence-electron chi connectivity index (χ0n) is 8.06. The molecular formula is C9H14N4. The molecule has 0 atom stereocenters. The number of anilines is 1. The average molecular weight is 178 g/mol. The predicted molar refractivity (Wildman–Crippen MR) is 51.3 cm³/mol. The summed E-state index contributed by atoms with van der Waals surface area (Å²) in [7, 11) is 1.96. The van der Waals surface area contributed by atoms with Gasteiger partial charge in [0, 0.05) is 32.5 Å². The van der Waals surface area contributed by atoms with Crippen molar-refractivity contribution < 1.29 is 0 Å². The molecule has 0 aromatic carbocycles. The maximum atomic E-state index is 8.47. The van der Waals surface area contributed by atoms with Crippen LogP contribution in [0.2, 0.25) is 0 Å². The average Bonchev–Trinajstić information content (AvgIpc) is 2.54. The zero-order chi connectivity index (χ0) is 9.68. The molecule has 0 saturated carbocycles. The van der Waals surface area contributed by atoms with Gasteiger partial charge in [-0.2, -0.15) is 5.26 Å². The lowest BCUT2D eigenvalue weighted by molar-refractivity contribution is 0.755. The maximum absolute atomic E-state index is 8.47. The van der Waals surface area contributed by atoms with Crippen LogP contribution in [0, 0.1) is 11.3 Å². The minimum Gasteiger partial charge on any atom is -0.342 e. The van der Waals surface area contributed by atoms with Crippen LogP contribution in [0.15, 0.2) is 12.4 Å².